The fourth-order valence-electron chi connectivity index (χ4n) is 0.983. The Morgan fingerprint density at radius 3 is 2.93 bits per heavy atom. The van der Waals surface area contributed by atoms with Crippen LogP contribution in [0.25, 0.3) is 0 Å². The first-order valence-electron chi connectivity index (χ1n) is 4.63. The lowest BCUT2D eigenvalue weighted by Crippen LogP contribution is -2.11. The van der Waals surface area contributed by atoms with Crippen LogP contribution in [0, 0.1) is 5.92 Å². The van der Waals surface area contributed by atoms with Gasteiger partial charge in [-0.25, -0.2) is 0 Å². The van der Waals surface area contributed by atoms with Crippen LogP contribution in [0.4, 0.5) is 0 Å². The highest BCUT2D eigenvalue weighted by atomic mass is 32.2. The Labute approximate surface area is 93.4 Å². The van der Waals surface area contributed by atoms with Crippen LogP contribution in [0.1, 0.15) is 6.92 Å². The highest BCUT2D eigenvalue weighted by Crippen LogP contribution is 2.24. The van der Waals surface area contributed by atoms with E-state index in [9.17, 15) is 4.79 Å². The molecule has 4 heteroatoms. The van der Waals surface area contributed by atoms with Crippen molar-refractivity contribution in [1.29, 1.82) is 0 Å². The van der Waals surface area contributed by atoms with E-state index in [1.807, 2.05) is 24.3 Å². The first kappa shape index (κ1) is 11.9. The third kappa shape index (κ3) is 3.83. The molecule has 0 saturated heterocycles. The summed E-state index contributed by atoms with van der Waals surface area (Å²) in [6.45, 7) is 1.70. The molecule has 0 bridgehead atoms. The van der Waals surface area contributed by atoms with Crippen LogP contribution in [0.5, 0.6) is 5.75 Å². The molecule has 3 nitrogen and oxygen atoms in total. The number of hydrogen-bond donors (Lipinski definition) is 1. The van der Waals surface area contributed by atoms with E-state index in [4.69, 9.17) is 9.84 Å². The Bertz CT molecular complexity index is 338. The van der Waals surface area contributed by atoms with Gasteiger partial charge in [0.1, 0.15) is 5.75 Å². The quantitative estimate of drug-likeness (QED) is 0.784. The summed E-state index contributed by atoms with van der Waals surface area (Å²) in [5.74, 6) is 0.275. The van der Waals surface area contributed by atoms with Gasteiger partial charge in [0.05, 0.1) is 13.0 Å². The van der Waals surface area contributed by atoms with Gasteiger partial charge in [0.15, 0.2) is 0 Å². The van der Waals surface area contributed by atoms with E-state index in [0.717, 1.165) is 10.6 Å². The number of aliphatic carboxylic acids is 1. The lowest BCUT2D eigenvalue weighted by Gasteiger charge is -2.06. The number of benzene rings is 1. The summed E-state index contributed by atoms with van der Waals surface area (Å²) < 4.78 is 5.08. The second-order valence-corrected chi connectivity index (χ2v) is 4.32. The van der Waals surface area contributed by atoms with Gasteiger partial charge < -0.3 is 9.84 Å². The molecule has 1 unspecified atom stereocenters. The number of rotatable bonds is 5. The molecule has 0 fully saturated rings. The van der Waals surface area contributed by atoms with Crippen LogP contribution in [0.2, 0.25) is 0 Å². The van der Waals surface area contributed by atoms with Gasteiger partial charge in [-0.1, -0.05) is 13.0 Å². The van der Waals surface area contributed by atoms with Gasteiger partial charge in [-0.3, -0.25) is 4.79 Å². The van der Waals surface area contributed by atoms with Gasteiger partial charge in [0.2, 0.25) is 0 Å². The summed E-state index contributed by atoms with van der Waals surface area (Å²) in [5.41, 5.74) is 0. The van der Waals surface area contributed by atoms with Crippen molar-refractivity contribution in [2.75, 3.05) is 12.9 Å². The standard InChI is InChI=1S/C11H14O3S/c1-8(11(12)13)7-15-10-5-3-4-9(6-10)14-2/h3-6,8H,7H2,1-2H3,(H,12,13). The van der Waals surface area contributed by atoms with Gasteiger partial charge in [0.25, 0.3) is 0 Å². The van der Waals surface area contributed by atoms with E-state index < -0.39 is 5.97 Å². The molecule has 0 aliphatic carbocycles. The minimum absolute atomic E-state index is 0.332. The van der Waals surface area contributed by atoms with Crippen molar-refractivity contribution in [1.82, 2.24) is 0 Å². The van der Waals surface area contributed by atoms with Crippen LogP contribution in [-0.2, 0) is 4.79 Å². The van der Waals surface area contributed by atoms with Crippen molar-refractivity contribution >= 4 is 17.7 Å². The van der Waals surface area contributed by atoms with Crippen molar-refractivity contribution in [2.45, 2.75) is 11.8 Å². The largest absolute Gasteiger partial charge is 0.497 e. The summed E-state index contributed by atoms with van der Waals surface area (Å²) in [6.07, 6.45) is 0. The second-order valence-electron chi connectivity index (χ2n) is 3.23. The predicted molar refractivity (Wildman–Crippen MR) is 60.5 cm³/mol. The van der Waals surface area contributed by atoms with E-state index in [2.05, 4.69) is 0 Å². The molecule has 1 atom stereocenters. The number of methoxy groups -OCH3 is 1. The molecule has 1 rings (SSSR count). The SMILES string of the molecule is COc1cccc(SCC(C)C(=O)O)c1. The molecule has 0 radical (unpaired) electrons. The Balaban J connectivity index is 2.53. The molecular weight excluding hydrogens is 212 g/mol. The van der Waals surface area contributed by atoms with E-state index in [1.165, 1.54) is 11.8 Å². The molecule has 0 amide bonds. The van der Waals surface area contributed by atoms with E-state index in [1.54, 1.807) is 14.0 Å². The van der Waals surface area contributed by atoms with Gasteiger partial charge in [0, 0.05) is 10.6 Å². The van der Waals surface area contributed by atoms with Crippen LogP contribution >= 0.6 is 11.8 Å². The Hall–Kier alpha value is -1.16. The minimum Gasteiger partial charge on any atom is -0.497 e. The van der Waals surface area contributed by atoms with Crippen LogP contribution in [-0.4, -0.2) is 23.9 Å². The normalized spacial score (nSPS) is 12.1. The zero-order valence-corrected chi connectivity index (χ0v) is 9.58. The zero-order valence-electron chi connectivity index (χ0n) is 8.77. The highest BCUT2D eigenvalue weighted by Gasteiger charge is 2.10. The maximum atomic E-state index is 10.6. The van der Waals surface area contributed by atoms with E-state index in [0.29, 0.717) is 5.75 Å². The molecule has 1 aromatic rings. The number of ether oxygens (including phenoxy) is 1. The molecule has 15 heavy (non-hydrogen) atoms. The molecule has 0 heterocycles. The average Bonchev–Trinajstić information content (AvgIpc) is 2.26. The minimum atomic E-state index is -0.759. The maximum absolute atomic E-state index is 10.6. The molecule has 0 spiro atoms. The van der Waals surface area contributed by atoms with Crippen molar-refractivity contribution in [3.05, 3.63) is 24.3 Å². The summed E-state index contributed by atoms with van der Waals surface area (Å²) in [6, 6.07) is 7.61. The van der Waals surface area contributed by atoms with Crippen LogP contribution < -0.4 is 4.74 Å². The molecule has 0 aliphatic rings. The fourth-order valence-corrected chi connectivity index (χ4v) is 1.94. The van der Waals surface area contributed by atoms with Crippen molar-refractivity contribution in [3.8, 4) is 5.75 Å². The summed E-state index contributed by atoms with van der Waals surface area (Å²) >= 11 is 1.53. The summed E-state index contributed by atoms with van der Waals surface area (Å²) in [4.78, 5) is 11.6. The summed E-state index contributed by atoms with van der Waals surface area (Å²) in [7, 11) is 1.61. The molecule has 0 aliphatic heterocycles. The number of carbonyl (C=O) groups is 1. The molecule has 1 N–H and O–H groups in total. The van der Waals surface area contributed by atoms with Crippen LogP contribution in [0.3, 0.4) is 0 Å². The number of hydrogen-bond acceptors (Lipinski definition) is 3. The lowest BCUT2D eigenvalue weighted by molar-refractivity contribution is -0.140. The first-order valence-corrected chi connectivity index (χ1v) is 5.61. The molecule has 0 aromatic heterocycles. The Morgan fingerprint density at radius 2 is 2.33 bits per heavy atom. The third-order valence-corrected chi connectivity index (χ3v) is 3.22. The molecule has 0 saturated carbocycles. The van der Waals surface area contributed by atoms with E-state index >= 15 is 0 Å². The monoisotopic (exact) mass is 226 g/mol. The average molecular weight is 226 g/mol. The smallest absolute Gasteiger partial charge is 0.307 e. The molecule has 82 valence electrons. The molecule has 1 aromatic carbocycles. The zero-order chi connectivity index (χ0) is 11.3. The first-order chi connectivity index (χ1) is 7.13. The fraction of sp³-hybridized carbons (Fsp3) is 0.364. The Kier molecular flexibility index (Phi) is 4.49. The van der Waals surface area contributed by atoms with Crippen molar-refractivity contribution in [2.24, 2.45) is 5.92 Å². The van der Waals surface area contributed by atoms with Crippen LogP contribution in [0.15, 0.2) is 29.2 Å². The van der Waals surface area contributed by atoms with Crippen molar-refractivity contribution in [3.63, 3.8) is 0 Å². The van der Waals surface area contributed by atoms with Gasteiger partial charge >= 0.3 is 5.97 Å². The van der Waals surface area contributed by atoms with Gasteiger partial charge in [-0.05, 0) is 18.2 Å². The van der Waals surface area contributed by atoms with E-state index in [-0.39, 0.29) is 5.92 Å². The highest BCUT2D eigenvalue weighted by molar-refractivity contribution is 7.99. The molecular formula is C11H14O3S. The van der Waals surface area contributed by atoms with Gasteiger partial charge in [-0.15, -0.1) is 11.8 Å². The number of carboxylic acid groups (broad SMARTS) is 1. The lowest BCUT2D eigenvalue weighted by atomic mass is 10.2. The van der Waals surface area contributed by atoms with Crippen molar-refractivity contribution < 1.29 is 14.6 Å². The maximum Gasteiger partial charge on any atom is 0.307 e. The topological polar surface area (TPSA) is 46.5 Å². The van der Waals surface area contributed by atoms with Gasteiger partial charge in [-0.2, -0.15) is 0 Å². The summed E-state index contributed by atoms with van der Waals surface area (Å²) in [5, 5.41) is 8.72. The number of carboxylic acids is 1. The number of thioether (sulfide) groups is 1. The second kappa shape index (κ2) is 5.66. The third-order valence-electron chi connectivity index (χ3n) is 1.96. The Morgan fingerprint density at radius 1 is 1.60 bits per heavy atom. The predicted octanol–water partition coefficient (Wildman–Crippen LogP) is 2.51.